The van der Waals surface area contributed by atoms with Gasteiger partial charge in [-0.25, -0.2) is 0 Å². The fourth-order valence-electron chi connectivity index (χ4n) is 2.51. The second-order valence-corrected chi connectivity index (χ2v) is 5.15. The molecule has 0 spiro atoms. The van der Waals surface area contributed by atoms with Crippen LogP contribution in [0.25, 0.3) is 11.1 Å². The van der Waals surface area contributed by atoms with Gasteiger partial charge in [0, 0.05) is 17.5 Å². The molecule has 0 unspecified atom stereocenters. The molecule has 0 amide bonds. The van der Waals surface area contributed by atoms with Gasteiger partial charge in [-0.2, -0.15) is 5.26 Å². The highest BCUT2D eigenvalue weighted by atomic mass is 35.5. The maximum Gasteiger partial charge on any atom is 0.126 e. The number of nitriles is 1. The predicted molar refractivity (Wildman–Crippen MR) is 85.7 cm³/mol. The molecule has 1 fully saturated rings. The minimum atomic E-state index is 0. The fourth-order valence-corrected chi connectivity index (χ4v) is 2.51. The molecule has 1 aliphatic rings. The minimum Gasteiger partial charge on any atom is -0.496 e. The van der Waals surface area contributed by atoms with Gasteiger partial charge in [0.05, 0.1) is 18.7 Å². The first-order valence-corrected chi connectivity index (χ1v) is 6.67. The van der Waals surface area contributed by atoms with Crippen LogP contribution >= 0.6 is 12.4 Å². The largest absolute Gasteiger partial charge is 0.496 e. The molecule has 108 valence electrons. The summed E-state index contributed by atoms with van der Waals surface area (Å²) in [4.78, 5) is 0. The van der Waals surface area contributed by atoms with E-state index >= 15 is 0 Å². The summed E-state index contributed by atoms with van der Waals surface area (Å²) in [6, 6.07) is 16.3. The molecule has 3 nitrogen and oxygen atoms in total. The number of ether oxygens (including phenoxy) is 1. The molecule has 0 radical (unpaired) electrons. The van der Waals surface area contributed by atoms with Gasteiger partial charge in [0.2, 0.25) is 0 Å². The molecule has 2 aromatic rings. The second-order valence-electron chi connectivity index (χ2n) is 5.15. The van der Waals surface area contributed by atoms with Crippen LogP contribution in [0.2, 0.25) is 0 Å². The first-order chi connectivity index (χ1) is 9.72. The third-order valence-corrected chi connectivity index (χ3v) is 3.82. The highest BCUT2D eigenvalue weighted by Gasteiger charge is 2.34. The summed E-state index contributed by atoms with van der Waals surface area (Å²) in [6.07, 6.45) is 1.08. The van der Waals surface area contributed by atoms with E-state index in [1.807, 2.05) is 12.1 Å². The average molecular weight is 301 g/mol. The summed E-state index contributed by atoms with van der Waals surface area (Å²) < 4.78 is 5.38. The van der Waals surface area contributed by atoms with Gasteiger partial charge in [0.15, 0.2) is 0 Å². The fraction of sp³-hybridized carbons (Fsp3) is 0.235. The molecule has 2 N–H and O–H groups in total. The van der Waals surface area contributed by atoms with Crippen molar-refractivity contribution in [3.63, 3.8) is 0 Å². The molecule has 4 heteroatoms. The first-order valence-electron chi connectivity index (χ1n) is 6.67. The molecule has 0 aliphatic heterocycles. The number of benzene rings is 2. The lowest BCUT2D eigenvalue weighted by molar-refractivity contribution is 0.416. The smallest absolute Gasteiger partial charge is 0.126 e. The zero-order chi connectivity index (χ0) is 14.1. The van der Waals surface area contributed by atoms with Crippen molar-refractivity contribution in [3.8, 4) is 22.9 Å². The van der Waals surface area contributed by atoms with E-state index in [2.05, 4.69) is 30.3 Å². The summed E-state index contributed by atoms with van der Waals surface area (Å²) in [5.41, 5.74) is 9.79. The van der Waals surface area contributed by atoms with Crippen molar-refractivity contribution < 1.29 is 4.74 Å². The molecule has 21 heavy (non-hydrogen) atoms. The van der Waals surface area contributed by atoms with Crippen molar-refractivity contribution in [1.29, 1.82) is 5.26 Å². The molecule has 3 rings (SSSR count). The Bertz CT molecular complexity index is 676. The molecule has 0 aromatic heterocycles. The molecular weight excluding hydrogens is 284 g/mol. The van der Waals surface area contributed by atoms with Gasteiger partial charge in [-0.1, -0.05) is 24.3 Å². The normalized spacial score (nSPS) is 19.3. The third-order valence-electron chi connectivity index (χ3n) is 3.82. The van der Waals surface area contributed by atoms with Gasteiger partial charge in [0.1, 0.15) is 5.75 Å². The van der Waals surface area contributed by atoms with Crippen molar-refractivity contribution in [2.75, 3.05) is 7.11 Å². The Balaban J connectivity index is 0.00000161. The van der Waals surface area contributed by atoms with Gasteiger partial charge < -0.3 is 10.5 Å². The molecule has 2 aromatic carbocycles. The highest BCUT2D eigenvalue weighted by Crippen LogP contribution is 2.40. The van der Waals surface area contributed by atoms with Crippen molar-refractivity contribution >= 4 is 12.4 Å². The van der Waals surface area contributed by atoms with Gasteiger partial charge >= 0.3 is 0 Å². The number of hydrogen-bond acceptors (Lipinski definition) is 3. The SMILES string of the molecule is COc1ccc(C#N)cc1-c1ccc([C@@H]2C[C@H]2N)cc1.Cl. The zero-order valence-electron chi connectivity index (χ0n) is 11.7. The van der Waals surface area contributed by atoms with E-state index in [1.54, 1.807) is 13.2 Å². The van der Waals surface area contributed by atoms with E-state index in [4.69, 9.17) is 15.7 Å². The van der Waals surface area contributed by atoms with Crippen molar-refractivity contribution in [2.24, 2.45) is 5.73 Å². The molecule has 0 heterocycles. The van der Waals surface area contributed by atoms with Crippen LogP contribution in [0, 0.1) is 11.3 Å². The number of hydrogen-bond donors (Lipinski definition) is 1. The van der Waals surface area contributed by atoms with Crippen LogP contribution in [0.4, 0.5) is 0 Å². The van der Waals surface area contributed by atoms with Crippen molar-refractivity contribution in [2.45, 2.75) is 18.4 Å². The number of nitrogens with two attached hydrogens (primary N) is 1. The van der Waals surface area contributed by atoms with Crippen molar-refractivity contribution in [3.05, 3.63) is 53.6 Å². The lowest BCUT2D eigenvalue weighted by Gasteiger charge is -2.10. The van der Waals surface area contributed by atoms with Gasteiger partial charge in [-0.3, -0.25) is 0 Å². The summed E-state index contributed by atoms with van der Waals surface area (Å²) in [6.45, 7) is 0. The molecule has 1 saturated carbocycles. The summed E-state index contributed by atoms with van der Waals surface area (Å²) >= 11 is 0. The van der Waals surface area contributed by atoms with Crippen LogP contribution in [-0.4, -0.2) is 13.2 Å². The lowest BCUT2D eigenvalue weighted by Crippen LogP contribution is -2.00. The van der Waals surface area contributed by atoms with Crippen LogP contribution < -0.4 is 10.5 Å². The molecule has 1 aliphatic carbocycles. The Kier molecular flexibility index (Phi) is 4.52. The number of halogens is 1. The Hall–Kier alpha value is -2.02. The van der Waals surface area contributed by atoms with E-state index in [9.17, 15) is 0 Å². The number of nitrogens with zero attached hydrogens (tertiary/aromatic N) is 1. The summed E-state index contributed by atoms with van der Waals surface area (Å²) in [5.74, 6) is 1.29. The average Bonchev–Trinajstić information content (AvgIpc) is 3.23. The highest BCUT2D eigenvalue weighted by molar-refractivity contribution is 5.85. The monoisotopic (exact) mass is 300 g/mol. The molecule has 0 saturated heterocycles. The number of rotatable bonds is 3. The number of methoxy groups -OCH3 is 1. The summed E-state index contributed by atoms with van der Waals surface area (Å²) in [5, 5.41) is 9.02. The lowest BCUT2D eigenvalue weighted by atomic mass is 9.99. The van der Waals surface area contributed by atoms with E-state index in [0.29, 0.717) is 17.5 Å². The van der Waals surface area contributed by atoms with E-state index in [1.165, 1.54) is 5.56 Å². The predicted octanol–water partition coefficient (Wildman–Crippen LogP) is 3.47. The minimum absolute atomic E-state index is 0. The maximum absolute atomic E-state index is 9.02. The Morgan fingerprint density at radius 1 is 1.19 bits per heavy atom. The standard InChI is InChI=1S/C17H16N2O.ClH/c1-20-17-7-2-11(10-18)8-15(17)13-5-3-12(4-6-13)14-9-16(14)19;/h2-8,14,16H,9,19H2,1H3;1H/t14-,16+;/m0./s1. The van der Waals surface area contributed by atoms with Crippen LogP contribution in [-0.2, 0) is 0 Å². The van der Waals surface area contributed by atoms with Gasteiger partial charge in [0.25, 0.3) is 0 Å². The zero-order valence-corrected chi connectivity index (χ0v) is 12.6. The van der Waals surface area contributed by atoms with Gasteiger partial charge in [-0.05, 0) is 35.7 Å². The molecule has 2 atom stereocenters. The Morgan fingerprint density at radius 3 is 2.38 bits per heavy atom. The second kappa shape index (κ2) is 6.17. The van der Waals surface area contributed by atoms with Crippen molar-refractivity contribution in [1.82, 2.24) is 0 Å². The topological polar surface area (TPSA) is 59.0 Å². The van der Waals surface area contributed by atoms with Crippen LogP contribution in [0.5, 0.6) is 5.75 Å². The van der Waals surface area contributed by atoms with Crippen LogP contribution in [0.15, 0.2) is 42.5 Å². The molecule has 0 bridgehead atoms. The first kappa shape index (κ1) is 15.4. The quantitative estimate of drug-likeness (QED) is 0.944. The van der Waals surface area contributed by atoms with Gasteiger partial charge in [-0.15, -0.1) is 12.4 Å². The maximum atomic E-state index is 9.02. The van der Waals surface area contributed by atoms with Crippen LogP contribution in [0.3, 0.4) is 0 Å². The Labute approximate surface area is 130 Å². The van der Waals surface area contributed by atoms with E-state index in [-0.39, 0.29) is 12.4 Å². The molecular formula is C17H17ClN2O. The summed E-state index contributed by atoms with van der Waals surface area (Å²) in [7, 11) is 1.64. The third kappa shape index (κ3) is 3.02. The van der Waals surface area contributed by atoms with E-state index in [0.717, 1.165) is 23.3 Å². The van der Waals surface area contributed by atoms with E-state index < -0.39 is 0 Å². The van der Waals surface area contributed by atoms with Crippen LogP contribution in [0.1, 0.15) is 23.5 Å². The Morgan fingerprint density at radius 2 is 1.86 bits per heavy atom.